The van der Waals surface area contributed by atoms with Crippen molar-refractivity contribution in [2.24, 2.45) is 11.8 Å². The monoisotopic (exact) mass is 251 g/mol. The zero-order chi connectivity index (χ0) is 12.5. The van der Waals surface area contributed by atoms with E-state index in [4.69, 9.17) is 9.47 Å². The van der Waals surface area contributed by atoms with E-state index in [9.17, 15) is 0 Å². The van der Waals surface area contributed by atoms with E-state index in [1.54, 1.807) is 14.2 Å². The highest BCUT2D eigenvalue weighted by Crippen LogP contribution is 2.29. The van der Waals surface area contributed by atoms with Gasteiger partial charge in [0.25, 0.3) is 0 Å². The molecule has 0 bridgehead atoms. The summed E-state index contributed by atoms with van der Waals surface area (Å²) < 4.78 is 10.1. The van der Waals surface area contributed by atoms with Crippen molar-refractivity contribution in [3.8, 4) is 12.0 Å². The lowest BCUT2D eigenvalue weighted by Crippen LogP contribution is -2.27. The number of hydrogen-bond acceptors (Lipinski definition) is 7. The maximum atomic E-state index is 5.07. The molecular formula is C11H17N5O2. The third-order valence-corrected chi connectivity index (χ3v) is 3.62. The molecule has 0 amide bonds. The maximum Gasteiger partial charge on any atom is 0.324 e. The fourth-order valence-corrected chi connectivity index (χ4v) is 2.67. The van der Waals surface area contributed by atoms with Gasteiger partial charge in [-0.3, -0.25) is 0 Å². The van der Waals surface area contributed by atoms with Gasteiger partial charge in [-0.1, -0.05) is 0 Å². The van der Waals surface area contributed by atoms with Crippen LogP contribution >= 0.6 is 0 Å². The zero-order valence-electron chi connectivity index (χ0n) is 10.6. The van der Waals surface area contributed by atoms with Crippen molar-refractivity contribution < 1.29 is 9.47 Å². The van der Waals surface area contributed by atoms with Gasteiger partial charge in [0.1, 0.15) is 0 Å². The van der Waals surface area contributed by atoms with Crippen LogP contribution in [0.5, 0.6) is 12.0 Å². The summed E-state index contributed by atoms with van der Waals surface area (Å²) in [4.78, 5) is 14.8. The second-order valence-corrected chi connectivity index (χ2v) is 4.69. The third kappa shape index (κ3) is 1.94. The summed E-state index contributed by atoms with van der Waals surface area (Å²) in [6.07, 6.45) is 0. The lowest BCUT2D eigenvalue weighted by Gasteiger charge is -2.17. The van der Waals surface area contributed by atoms with Crippen LogP contribution in [-0.4, -0.2) is 55.4 Å². The SMILES string of the molecule is COc1nc(OC)nc(N2CC3CNCC3C2)n1. The Balaban J connectivity index is 1.83. The van der Waals surface area contributed by atoms with Crippen LogP contribution in [-0.2, 0) is 0 Å². The van der Waals surface area contributed by atoms with Gasteiger partial charge in [0.2, 0.25) is 5.95 Å². The first-order valence-electron chi connectivity index (χ1n) is 6.10. The summed E-state index contributed by atoms with van der Waals surface area (Å²) in [6.45, 7) is 4.13. The highest BCUT2D eigenvalue weighted by Gasteiger charge is 2.37. The molecule has 1 aromatic rings. The molecule has 0 saturated carbocycles. The van der Waals surface area contributed by atoms with Crippen LogP contribution in [0.2, 0.25) is 0 Å². The molecule has 2 aliphatic rings. The second-order valence-electron chi connectivity index (χ2n) is 4.69. The molecule has 3 rings (SSSR count). The van der Waals surface area contributed by atoms with E-state index in [-0.39, 0.29) is 0 Å². The van der Waals surface area contributed by atoms with Crippen LogP contribution in [0.1, 0.15) is 0 Å². The number of anilines is 1. The molecule has 2 fully saturated rings. The normalized spacial score (nSPS) is 26.2. The van der Waals surface area contributed by atoms with Crippen molar-refractivity contribution in [2.45, 2.75) is 0 Å². The molecule has 7 heteroatoms. The van der Waals surface area contributed by atoms with Gasteiger partial charge in [-0.15, -0.1) is 4.98 Å². The number of rotatable bonds is 3. The number of nitrogens with zero attached hydrogens (tertiary/aromatic N) is 4. The Morgan fingerprint density at radius 1 is 1.00 bits per heavy atom. The smallest absolute Gasteiger partial charge is 0.324 e. The molecule has 0 aliphatic carbocycles. The Morgan fingerprint density at radius 2 is 1.56 bits per heavy atom. The fourth-order valence-electron chi connectivity index (χ4n) is 2.67. The van der Waals surface area contributed by atoms with Crippen molar-refractivity contribution in [1.82, 2.24) is 20.3 Å². The standard InChI is InChI=1S/C11H17N5O2/c1-17-10-13-9(14-11(15-10)18-2)16-5-7-3-12-4-8(7)6-16/h7-8,12H,3-6H2,1-2H3. The highest BCUT2D eigenvalue weighted by atomic mass is 16.5. The molecule has 18 heavy (non-hydrogen) atoms. The molecule has 3 heterocycles. The number of fused-ring (bicyclic) bond motifs is 1. The first-order chi connectivity index (χ1) is 8.80. The van der Waals surface area contributed by atoms with E-state index >= 15 is 0 Å². The van der Waals surface area contributed by atoms with Gasteiger partial charge in [0, 0.05) is 26.2 Å². The Hall–Kier alpha value is -1.63. The number of methoxy groups -OCH3 is 2. The summed E-state index contributed by atoms with van der Waals surface area (Å²) in [5.41, 5.74) is 0. The Kier molecular flexibility index (Phi) is 2.91. The van der Waals surface area contributed by atoms with Crippen molar-refractivity contribution in [3.05, 3.63) is 0 Å². The summed E-state index contributed by atoms with van der Waals surface area (Å²) >= 11 is 0. The minimum atomic E-state index is 0.298. The maximum absolute atomic E-state index is 5.07. The van der Waals surface area contributed by atoms with Gasteiger partial charge in [-0.25, -0.2) is 0 Å². The molecule has 2 saturated heterocycles. The van der Waals surface area contributed by atoms with Gasteiger partial charge >= 0.3 is 12.0 Å². The molecule has 2 unspecified atom stereocenters. The second kappa shape index (κ2) is 4.56. The first kappa shape index (κ1) is 11.5. The topological polar surface area (TPSA) is 72.4 Å². The van der Waals surface area contributed by atoms with Gasteiger partial charge in [0.15, 0.2) is 0 Å². The predicted molar refractivity (Wildman–Crippen MR) is 65.0 cm³/mol. The van der Waals surface area contributed by atoms with Crippen LogP contribution in [0.25, 0.3) is 0 Å². The molecule has 1 N–H and O–H groups in total. The minimum absolute atomic E-state index is 0.298. The van der Waals surface area contributed by atoms with E-state index in [0.717, 1.165) is 26.2 Å². The van der Waals surface area contributed by atoms with E-state index in [2.05, 4.69) is 25.2 Å². The Labute approximate surface area is 106 Å². The van der Waals surface area contributed by atoms with E-state index in [1.807, 2.05) is 0 Å². The zero-order valence-corrected chi connectivity index (χ0v) is 10.6. The Morgan fingerprint density at radius 3 is 2.06 bits per heavy atom. The van der Waals surface area contributed by atoms with Gasteiger partial charge < -0.3 is 19.7 Å². The molecule has 98 valence electrons. The van der Waals surface area contributed by atoms with Crippen LogP contribution in [0.4, 0.5) is 5.95 Å². The highest BCUT2D eigenvalue weighted by molar-refractivity contribution is 5.35. The minimum Gasteiger partial charge on any atom is -0.467 e. The van der Waals surface area contributed by atoms with E-state index in [0.29, 0.717) is 29.8 Å². The molecule has 0 spiro atoms. The van der Waals surface area contributed by atoms with Crippen LogP contribution in [0.15, 0.2) is 0 Å². The predicted octanol–water partition coefficient (Wildman–Crippen LogP) is -0.456. The Bertz CT molecular complexity index is 407. The number of hydrogen-bond donors (Lipinski definition) is 1. The van der Waals surface area contributed by atoms with Gasteiger partial charge in [-0.2, -0.15) is 9.97 Å². The summed E-state index contributed by atoms with van der Waals surface area (Å²) in [7, 11) is 3.09. The van der Waals surface area contributed by atoms with Crippen LogP contribution < -0.4 is 19.7 Å². The fraction of sp³-hybridized carbons (Fsp3) is 0.727. The summed E-state index contributed by atoms with van der Waals surface area (Å²) in [5, 5.41) is 3.41. The molecule has 2 aliphatic heterocycles. The van der Waals surface area contributed by atoms with Crippen LogP contribution in [0.3, 0.4) is 0 Å². The van der Waals surface area contributed by atoms with Crippen molar-refractivity contribution in [3.63, 3.8) is 0 Å². The lowest BCUT2D eigenvalue weighted by molar-refractivity contribution is 0.340. The van der Waals surface area contributed by atoms with Gasteiger partial charge in [-0.05, 0) is 11.8 Å². The van der Waals surface area contributed by atoms with Crippen molar-refractivity contribution in [1.29, 1.82) is 0 Å². The molecule has 0 radical (unpaired) electrons. The number of nitrogens with one attached hydrogen (secondary N) is 1. The number of ether oxygens (including phenoxy) is 2. The summed E-state index contributed by atoms with van der Waals surface area (Å²) in [5.74, 6) is 2.03. The third-order valence-electron chi connectivity index (χ3n) is 3.62. The van der Waals surface area contributed by atoms with Crippen molar-refractivity contribution >= 4 is 5.95 Å². The first-order valence-corrected chi connectivity index (χ1v) is 6.10. The quantitative estimate of drug-likeness (QED) is 0.779. The molecule has 2 atom stereocenters. The van der Waals surface area contributed by atoms with Crippen LogP contribution in [0, 0.1) is 11.8 Å². The molecule has 0 aromatic carbocycles. The van der Waals surface area contributed by atoms with E-state index < -0.39 is 0 Å². The summed E-state index contributed by atoms with van der Waals surface area (Å²) in [6, 6.07) is 0.596. The average molecular weight is 251 g/mol. The molecule has 1 aromatic heterocycles. The number of aromatic nitrogens is 3. The van der Waals surface area contributed by atoms with Gasteiger partial charge in [0.05, 0.1) is 14.2 Å². The van der Waals surface area contributed by atoms with E-state index in [1.165, 1.54) is 0 Å². The lowest BCUT2D eigenvalue weighted by atomic mass is 10.0. The average Bonchev–Trinajstić information content (AvgIpc) is 2.98. The van der Waals surface area contributed by atoms with Crippen molar-refractivity contribution in [2.75, 3.05) is 45.3 Å². The molecule has 7 nitrogen and oxygen atoms in total. The largest absolute Gasteiger partial charge is 0.467 e. The molecular weight excluding hydrogens is 234 g/mol.